The van der Waals surface area contributed by atoms with E-state index in [0.29, 0.717) is 10.0 Å². The summed E-state index contributed by atoms with van der Waals surface area (Å²) in [5, 5.41) is 13.9. The fraction of sp³-hybridized carbons (Fsp3) is 0.333. The van der Waals surface area contributed by atoms with Gasteiger partial charge in [0.15, 0.2) is 12.3 Å². The second-order valence-corrected chi connectivity index (χ2v) is 6.68. The van der Waals surface area contributed by atoms with E-state index in [0.717, 1.165) is 19.6 Å². The van der Waals surface area contributed by atoms with Crippen molar-refractivity contribution in [2.45, 2.75) is 20.8 Å². The normalized spacial score (nSPS) is 11.1. The molecule has 148 valence electrons. The molecule has 1 N–H and O–H groups in total. The molecule has 0 heterocycles. The van der Waals surface area contributed by atoms with Gasteiger partial charge in [-0.05, 0) is 26.8 Å². The molecule has 2 rings (SSSR count). The monoisotopic (exact) mass is 384 g/mol. The zero-order valence-electron chi connectivity index (χ0n) is 16.5. The first kappa shape index (κ1) is 21.2. The zero-order valence-corrected chi connectivity index (χ0v) is 16.5. The number of rotatable bonds is 9. The van der Waals surface area contributed by atoms with Crippen LogP contribution in [0.25, 0.3) is 0 Å². The molecule has 0 bridgehead atoms. The third kappa shape index (κ3) is 4.80. The molecule has 2 aromatic rings. The number of anilines is 1. The van der Waals surface area contributed by atoms with Crippen molar-refractivity contribution < 1.29 is 19.0 Å². The van der Waals surface area contributed by atoms with Crippen LogP contribution in [0.4, 0.5) is 11.4 Å². The van der Waals surface area contributed by atoms with Gasteiger partial charge in [-0.3, -0.25) is 19.7 Å². The number of carbonyl (C=O) groups excluding carboxylic acids is 2. The lowest BCUT2D eigenvalue weighted by molar-refractivity contribution is -0.915. The molecule has 1 amide bonds. The molecule has 0 atom stereocenters. The van der Waals surface area contributed by atoms with Crippen LogP contribution in [0.5, 0.6) is 0 Å². The minimum atomic E-state index is -0.555. The predicted molar refractivity (Wildman–Crippen MR) is 108 cm³/mol. The standard InChI is InChI=1S/C21H25N3O4/c1-4-24(5-2,6-3)15-20(25)22-19-13-12-17(23(27)28)14-18(19)21(26)16-10-8-7-9-11-16/h7-14H,4-6,15H2,1-3H3/p+1. The molecule has 0 saturated carbocycles. The Morgan fingerprint density at radius 1 is 1.00 bits per heavy atom. The molecule has 0 aromatic heterocycles. The number of ketones is 1. The van der Waals surface area contributed by atoms with Crippen LogP contribution in [0.15, 0.2) is 48.5 Å². The summed E-state index contributed by atoms with van der Waals surface area (Å²) in [7, 11) is 0. The van der Waals surface area contributed by atoms with Crippen LogP contribution in [-0.4, -0.2) is 47.3 Å². The fourth-order valence-corrected chi connectivity index (χ4v) is 3.19. The lowest BCUT2D eigenvalue weighted by atomic mass is 10.0. The van der Waals surface area contributed by atoms with Crippen molar-refractivity contribution in [1.29, 1.82) is 0 Å². The van der Waals surface area contributed by atoms with Crippen LogP contribution < -0.4 is 5.32 Å². The average Bonchev–Trinajstić information content (AvgIpc) is 2.72. The van der Waals surface area contributed by atoms with E-state index in [4.69, 9.17) is 0 Å². The summed E-state index contributed by atoms with van der Waals surface area (Å²) in [4.78, 5) is 36.2. The van der Waals surface area contributed by atoms with Crippen molar-refractivity contribution in [3.63, 3.8) is 0 Å². The van der Waals surface area contributed by atoms with Gasteiger partial charge in [0.05, 0.1) is 35.8 Å². The molecular formula is C21H26N3O4+. The number of quaternary nitrogens is 1. The molecule has 0 unspecified atom stereocenters. The Balaban J connectivity index is 2.37. The number of hydrogen-bond acceptors (Lipinski definition) is 4. The van der Waals surface area contributed by atoms with E-state index < -0.39 is 4.92 Å². The second-order valence-electron chi connectivity index (χ2n) is 6.68. The average molecular weight is 384 g/mol. The molecule has 0 aliphatic carbocycles. The predicted octanol–water partition coefficient (Wildman–Crippen LogP) is 3.64. The molecule has 0 saturated heterocycles. The van der Waals surface area contributed by atoms with Crippen molar-refractivity contribution in [1.82, 2.24) is 0 Å². The summed E-state index contributed by atoms with van der Waals surface area (Å²) in [6.45, 7) is 8.84. The highest BCUT2D eigenvalue weighted by Crippen LogP contribution is 2.25. The number of nitro groups is 1. The number of nitrogens with zero attached hydrogens (tertiary/aromatic N) is 2. The largest absolute Gasteiger partial charge is 0.320 e. The Bertz CT molecular complexity index is 853. The Morgan fingerprint density at radius 3 is 2.14 bits per heavy atom. The quantitative estimate of drug-likeness (QED) is 0.309. The Labute approximate surface area is 164 Å². The summed E-state index contributed by atoms with van der Waals surface area (Å²) in [5.41, 5.74) is 0.597. The van der Waals surface area contributed by atoms with Gasteiger partial charge >= 0.3 is 0 Å². The number of amides is 1. The van der Waals surface area contributed by atoms with Gasteiger partial charge in [-0.2, -0.15) is 0 Å². The van der Waals surface area contributed by atoms with Crippen molar-refractivity contribution in [3.8, 4) is 0 Å². The van der Waals surface area contributed by atoms with Gasteiger partial charge < -0.3 is 9.80 Å². The topological polar surface area (TPSA) is 89.3 Å². The van der Waals surface area contributed by atoms with E-state index in [2.05, 4.69) is 5.32 Å². The van der Waals surface area contributed by atoms with E-state index in [-0.39, 0.29) is 35.2 Å². The van der Waals surface area contributed by atoms with Crippen LogP contribution in [0.3, 0.4) is 0 Å². The molecule has 2 aromatic carbocycles. The second kappa shape index (κ2) is 9.23. The lowest BCUT2D eigenvalue weighted by Gasteiger charge is -2.34. The van der Waals surface area contributed by atoms with Crippen molar-refractivity contribution in [3.05, 3.63) is 69.8 Å². The highest BCUT2D eigenvalue weighted by Gasteiger charge is 2.26. The zero-order chi connectivity index (χ0) is 20.7. The van der Waals surface area contributed by atoms with Crippen LogP contribution in [0, 0.1) is 10.1 Å². The highest BCUT2D eigenvalue weighted by molar-refractivity contribution is 6.14. The molecule has 0 aliphatic heterocycles. The minimum Gasteiger partial charge on any atom is -0.320 e. The van der Waals surface area contributed by atoms with Gasteiger partial charge in [-0.25, -0.2) is 0 Å². The van der Waals surface area contributed by atoms with Gasteiger partial charge in [-0.15, -0.1) is 0 Å². The maximum Gasteiger partial charge on any atom is 0.279 e. The number of hydrogen-bond donors (Lipinski definition) is 1. The summed E-state index contributed by atoms with van der Waals surface area (Å²) in [5.74, 6) is -0.594. The van der Waals surface area contributed by atoms with E-state index >= 15 is 0 Å². The summed E-state index contributed by atoms with van der Waals surface area (Å²) in [6, 6.07) is 12.4. The van der Waals surface area contributed by atoms with Gasteiger partial charge in [0.25, 0.3) is 11.6 Å². The third-order valence-corrected chi connectivity index (χ3v) is 5.26. The number of likely N-dealkylation sites (N-methyl/N-ethyl adjacent to an activating group) is 1. The van der Waals surface area contributed by atoms with Crippen molar-refractivity contribution >= 4 is 23.1 Å². The number of nitro benzene ring substituents is 1. The van der Waals surface area contributed by atoms with Gasteiger partial charge in [0.1, 0.15) is 0 Å². The summed E-state index contributed by atoms with van der Waals surface area (Å²) in [6.07, 6.45) is 0. The van der Waals surface area contributed by atoms with Crippen LogP contribution >= 0.6 is 0 Å². The fourth-order valence-electron chi connectivity index (χ4n) is 3.19. The smallest absolute Gasteiger partial charge is 0.279 e. The molecule has 0 spiro atoms. The van der Waals surface area contributed by atoms with Crippen LogP contribution in [-0.2, 0) is 4.79 Å². The first-order chi connectivity index (χ1) is 13.4. The van der Waals surface area contributed by atoms with E-state index in [1.807, 2.05) is 20.8 Å². The van der Waals surface area contributed by atoms with E-state index in [1.165, 1.54) is 18.2 Å². The molecule has 0 fully saturated rings. The van der Waals surface area contributed by atoms with Crippen molar-refractivity contribution in [2.75, 3.05) is 31.5 Å². The first-order valence-corrected chi connectivity index (χ1v) is 9.39. The van der Waals surface area contributed by atoms with Crippen LogP contribution in [0.1, 0.15) is 36.7 Å². The summed E-state index contributed by atoms with van der Waals surface area (Å²) < 4.78 is 0.626. The van der Waals surface area contributed by atoms with Gasteiger partial charge in [-0.1, -0.05) is 30.3 Å². The highest BCUT2D eigenvalue weighted by atomic mass is 16.6. The number of nitrogens with one attached hydrogen (secondary N) is 1. The summed E-state index contributed by atoms with van der Waals surface area (Å²) >= 11 is 0. The van der Waals surface area contributed by atoms with Crippen molar-refractivity contribution in [2.24, 2.45) is 0 Å². The van der Waals surface area contributed by atoms with Gasteiger partial charge in [0.2, 0.25) is 0 Å². The lowest BCUT2D eigenvalue weighted by Crippen LogP contribution is -2.52. The van der Waals surface area contributed by atoms with E-state index in [1.54, 1.807) is 30.3 Å². The number of non-ortho nitro benzene ring substituents is 1. The van der Waals surface area contributed by atoms with Gasteiger partial charge in [0, 0.05) is 17.7 Å². The molecule has 0 aliphatic rings. The Hall–Kier alpha value is -3.06. The molecule has 28 heavy (non-hydrogen) atoms. The molecule has 0 radical (unpaired) electrons. The third-order valence-electron chi connectivity index (χ3n) is 5.26. The van der Waals surface area contributed by atoms with E-state index in [9.17, 15) is 19.7 Å². The molecule has 7 nitrogen and oxygen atoms in total. The number of carbonyl (C=O) groups is 2. The Morgan fingerprint density at radius 2 is 1.61 bits per heavy atom. The molecule has 7 heteroatoms. The maximum atomic E-state index is 12.9. The minimum absolute atomic E-state index is 0.108. The first-order valence-electron chi connectivity index (χ1n) is 9.39. The number of benzene rings is 2. The SMILES string of the molecule is CC[N+](CC)(CC)CC(=O)Nc1ccc([N+](=O)[O-])cc1C(=O)c1ccccc1. The Kier molecular flexibility index (Phi) is 7.00. The maximum absolute atomic E-state index is 12.9. The van der Waals surface area contributed by atoms with Crippen LogP contribution in [0.2, 0.25) is 0 Å². The molecular weight excluding hydrogens is 358 g/mol.